The van der Waals surface area contributed by atoms with Gasteiger partial charge in [-0.2, -0.15) is 0 Å². The fourth-order valence-corrected chi connectivity index (χ4v) is 2.71. The molecule has 3 rings (SSSR count). The molecule has 7 nitrogen and oxygen atoms in total. The van der Waals surface area contributed by atoms with Crippen molar-refractivity contribution in [2.45, 2.75) is 19.6 Å². The van der Waals surface area contributed by atoms with Gasteiger partial charge < -0.3 is 20.7 Å². The van der Waals surface area contributed by atoms with Gasteiger partial charge in [-0.1, -0.05) is 12.1 Å². The summed E-state index contributed by atoms with van der Waals surface area (Å²) in [5.74, 6) is -2.52. The van der Waals surface area contributed by atoms with Gasteiger partial charge in [0.2, 0.25) is 5.78 Å². The van der Waals surface area contributed by atoms with E-state index in [9.17, 15) is 24.6 Å². The van der Waals surface area contributed by atoms with Crippen LogP contribution in [0.2, 0.25) is 0 Å². The first kappa shape index (κ1) is 16.7. The van der Waals surface area contributed by atoms with E-state index in [0.29, 0.717) is 5.56 Å². The van der Waals surface area contributed by atoms with Crippen molar-refractivity contribution in [2.24, 2.45) is 5.73 Å². The summed E-state index contributed by atoms with van der Waals surface area (Å²) in [6.45, 7) is 1.27. The van der Waals surface area contributed by atoms with E-state index >= 15 is 0 Å². The molecule has 1 aliphatic carbocycles. The first-order valence-electron chi connectivity index (χ1n) is 7.50. The molecule has 0 unspecified atom stereocenters. The fraction of sp³-hybridized carbons (Fsp3) is 0.167. The molecule has 1 atom stereocenters. The number of phenolic OH excluding ortho intramolecular Hbond substituents is 2. The molecule has 1 aliphatic rings. The van der Waals surface area contributed by atoms with E-state index in [1.54, 1.807) is 0 Å². The van der Waals surface area contributed by atoms with E-state index in [1.807, 2.05) is 0 Å². The summed E-state index contributed by atoms with van der Waals surface area (Å²) in [6.07, 6.45) is 0. The Morgan fingerprint density at radius 3 is 2.44 bits per heavy atom. The smallest absolute Gasteiger partial charge is 0.322 e. The number of benzene rings is 2. The Morgan fingerprint density at radius 2 is 1.76 bits per heavy atom. The Bertz CT molecular complexity index is 916. The van der Waals surface area contributed by atoms with Gasteiger partial charge >= 0.3 is 5.97 Å². The third-order valence-electron chi connectivity index (χ3n) is 3.92. The van der Waals surface area contributed by atoms with Crippen LogP contribution in [0.25, 0.3) is 0 Å². The van der Waals surface area contributed by atoms with Crippen LogP contribution in [0.1, 0.15) is 44.3 Å². The van der Waals surface area contributed by atoms with Crippen molar-refractivity contribution in [3.05, 3.63) is 58.1 Å². The molecule has 0 fully saturated rings. The molecular weight excluding hydrogens is 326 g/mol. The topological polar surface area (TPSA) is 127 Å². The third kappa shape index (κ3) is 2.74. The van der Waals surface area contributed by atoms with Gasteiger partial charge in [-0.3, -0.25) is 14.4 Å². The van der Waals surface area contributed by atoms with Gasteiger partial charge in [0.05, 0.1) is 11.1 Å². The quantitative estimate of drug-likeness (QED) is 0.612. The van der Waals surface area contributed by atoms with Crippen LogP contribution in [-0.2, 0) is 16.1 Å². The minimum absolute atomic E-state index is 0.00468. The number of hydrogen-bond donors (Lipinski definition) is 3. The number of carbonyl (C=O) groups is 3. The summed E-state index contributed by atoms with van der Waals surface area (Å²) in [7, 11) is 0. The predicted octanol–water partition coefficient (Wildman–Crippen LogP) is 1.26. The SMILES string of the molecule is C[C@H](N)C(=O)OCc1cc(O)c2c(c1)C(=O)c1cccc(O)c1C2=O. The fourth-order valence-electron chi connectivity index (χ4n) is 2.71. The zero-order chi connectivity index (χ0) is 18.3. The standard InChI is InChI=1S/C18H15NO6/c1-8(19)18(24)25-7-9-5-11-15(13(21)6-9)17(23)14-10(16(11)22)3-2-4-12(14)20/h2-6,8,20-21H,7,19H2,1H3/t8-/m0/s1. The summed E-state index contributed by atoms with van der Waals surface area (Å²) < 4.78 is 4.97. The zero-order valence-corrected chi connectivity index (χ0v) is 13.3. The van der Waals surface area contributed by atoms with Crippen molar-refractivity contribution >= 4 is 17.5 Å². The number of rotatable bonds is 3. The molecule has 2 aromatic carbocycles. The first-order chi connectivity index (χ1) is 11.8. The zero-order valence-electron chi connectivity index (χ0n) is 13.3. The molecule has 0 aromatic heterocycles. The lowest BCUT2D eigenvalue weighted by Crippen LogP contribution is -2.28. The highest BCUT2D eigenvalue weighted by Crippen LogP contribution is 2.37. The average molecular weight is 341 g/mol. The number of ether oxygens (including phenoxy) is 1. The summed E-state index contributed by atoms with van der Waals surface area (Å²) in [5.41, 5.74) is 5.48. The molecule has 0 bridgehead atoms. The van der Waals surface area contributed by atoms with Gasteiger partial charge in [-0.25, -0.2) is 0 Å². The van der Waals surface area contributed by atoms with Crippen LogP contribution in [0, 0.1) is 0 Å². The second kappa shape index (κ2) is 6.03. The molecule has 25 heavy (non-hydrogen) atoms. The number of carbonyl (C=O) groups excluding carboxylic acids is 3. The van der Waals surface area contributed by atoms with Crippen LogP contribution in [-0.4, -0.2) is 33.8 Å². The molecule has 0 saturated heterocycles. The van der Waals surface area contributed by atoms with Gasteiger partial charge in [-0.05, 0) is 30.7 Å². The molecule has 0 spiro atoms. The average Bonchev–Trinajstić information content (AvgIpc) is 2.56. The van der Waals surface area contributed by atoms with E-state index in [0.717, 1.165) is 0 Å². The number of ketones is 2. The Kier molecular flexibility index (Phi) is 4.02. The number of fused-ring (bicyclic) bond motifs is 2. The molecular formula is C18H15NO6. The van der Waals surface area contributed by atoms with E-state index in [4.69, 9.17) is 10.5 Å². The van der Waals surface area contributed by atoms with Crippen molar-refractivity contribution in [1.29, 1.82) is 0 Å². The van der Waals surface area contributed by atoms with Gasteiger partial charge in [0.1, 0.15) is 24.1 Å². The Labute approximate surface area is 142 Å². The van der Waals surface area contributed by atoms with Crippen molar-refractivity contribution in [3.63, 3.8) is 0 Å². The molecule has 0 radical (unpaired) electrons. The van der Waals surface area contributed by atoms with Crippen LogP contribution in [0.5, 0.6) is 11.5 Å². The maximum Gasteiger partial charge on any atom is 0.322 e. The molecule has 0 heterocycles. The minimum atomic E-state index is -0.802. The molecule has 0 amide bonds. The second-order valence-electron chi connectivity index (χ2n) is 5.79. The van der Waals surface area contributed by atoms with Crippen molar-refractivity contribution in [3.8, 4) is 11.5 Å². The van der Waals surface area contributed by atoms with Crippen LogP contribution in [0.15, 0.2) is 30.3 Å². The second-order valence-corrected chi connectivity index (χ2v) is 5.79. The van der Waals surface area contributed by atoms with Crippen molar-refractivity contribution < 1.29 is 29.3 Å². The monoisotopic (exact) mass is 341 g/mol. The number of nitrogens with two attached hydrogens (primary N) is 1. The van der Waals surface area contributed by atoms with E-state index in [-0.39, 0.29) is 34.6 Å². The molecule has 2 aromatic rings. The number of esters is 1. The lowest BCUT2D eigenvalue weighted by molar-refractivity contribution is -0.146. The summed E-state index contributed by atoms with van der Waals surface area (Å²) in [5, 5.41) is 20.1. The van der Waals surface area contributed by atoms with Crippen molar-refractivity contribution in [2.75, 3.05) is 0 Å². The molecule has 0 aliphatic heterocycles. The van der Waals surface area contributed by atoms with Gasteiger partial charge in [0.25, 0.3) is 0 Å². The van der Waals surface area contributed by atoms with Crippen molar-refractivity contribution in [1.82, 2.24) is 0 Å². The lowest BCUT2D eigenvalue weighted by atomic mass is 9.82. The maximum atomic E-state index is 12.7. The molecule has 0 saturated carbocycles. The number of aromatic hydroxyl groups is 2. The largest absolute Gasteiger partial charge is 0.507 e. The molecule has 7 heteroatoms. The summed E-state index contributed by atoms with van der Waals surface area (Å²) >= 11 is 0. The van der Waals surface area contributed by atoms with Gasteiger partial charge in [0, 0.05) is 11.1 Å². The van der Waals surface area contributed by atoms with Crippen LogP contribution in [0.3, 0.4) is 0 Å². The van der Waals surface area contributed by atoms with Gasteiger partial charge in [0.15, 0.2) is 5.78 Å². The highest BCUT2D eigenvalue weighted by Gasteiger charge is 2.34. The molecule has 4 N–H and O–H groups in total. The maximum absolute atomic E-state index is 12.7. The van der Waals surface area contributed by atoms with E-state index in [1.165, 1.54) is 37.3 Å². The van der Waals surface area contributed by atoms with E-state index < -0.39 is 29.3 Å². The van der Waals surface area contributed by atoms with E-state index in [2.05, 4.69) is 0 Å². The first-order valence-corrected chi connectivity index (χ1v) is 7.50. The Morgan fingerprint density at radius 1 is 1.08 bits per heavy atom. The molecule has 128 valence electrons. The third-order valence-corrected chi connectivity index (χ3v) is 3.92. The highest BCUT2D eigenvalue weighted by molar-refractivity contribution is 6.30. The van der Waals surface area contributed by atoms with Crippen LogP contribution in [0.4, 0.5) is 0 Å². The summed E-state index contributed by atoms with van der Waals surface area (Å²) in [6, 6.07) is 6.01. The Balaban J connectivity index is 2.04. The number of phenols is 2. The highest BCUT2D eigenvalue weighted by atomic mass is 16.5. The minimum Gasteiger partial charge on any atom is -0.507 e. The predicted molar refractivity (Wildman–Crippen MR) is 86.5 cm³/mol. The Hall–Kier alpha value is -3.19. The lowest BCUT2D eigenvalue weighted by Gasteiger charge is -2.20. The normalized spacial score (nSPS) is 13.8. The summed E-state index contributed by atoms with van der Waals surface area (Å²) in [4.78, 5) is 36.7. The van der Waals surface area contributed by atoms with Crippen LogP contribution >= 0.6 is 0 Å². The van der Waals surface area contributed by atoms with Gasteiger partial charge in [-0.15, -0.1) is 0 Å². The van der Waals surface area contributed by atoms with Crippen LogP contribution < -0.4 is 5.73 Å². The number of hydrogen-bond acceptors (Lipinski definition) is 7.